The minimum Gasteiger partial charge on any atom is -0.296 e. The smallest absolute Gasteiger partial charge is 0.296 e. The third-order valence-corrected chi connectivity index (χ3v) is 5.81. The Labute approximate surface area is 160 Å². The van der Waals surface area contributed by atoms with Crippen molar-refractivity contribution in [1.82, 2.24) is 19.6 Å². The van der Waals surface area contributed by atoms with Crippen molar-refractivity contribution >= 4 is 21.4 Å². The monoisotopic (exact) mass is 395 g/mol. The Hall–Kier alpha value is -3.46. The molecular weight excluding hydrogens is 378 g/mol. The highest BCUT2D eigenvalue weighted by atomic mass is 32.2. The number of aryl methyl sites for hydroxylation is 1. The van der Waals surface area contributed by atoms with E-state index >= 15 is 0 Å². The van der Waals surface area contributed by atoms with Crippen LogP contribution in [0.2, 0.25) is 0 Å². The molecule has 9 heteroatoms. The number of anilines is 1. The fourth-order valence-corrected chi connectivity index (χ4v) is 4.07. The van der Waals surface area contributed by atoms with Crippen molar-refractivity contribution in [3.63, 3.8) is 0 Å². The van der Waals surface area contributed by atoms with E-state index in [0.717, 1.165) is 16.5 Å². The molecule has 0 aliphatic heterocycles. The van der Waals surface area contributed by atoms with Gasteiger partial charge in [0, 0.05) is 5.56 Å². The molecule has 0 spiro atoms. The maximum Gasteiger partial charge on any atom is 0.349 e. The Morgan fingerprint density at radius 1 is 1.11 bits per heavy atom. The van der Waals surface area contributed by atoms with Crippen molar-refractivity contribution < 1.29 is 8.42 Å². The molecule has 0 unspecified atom stereocenters. The first-order chi connectivity index (χ1) is 13.5. The molecule has 2 aromatic heterocycles. The molecule has 2 heterocycles. The zero-order valence-corrected chi connectivity index (χ0v) is 15.8. The highest BCUT2D eigenvalue weighted by molar-refractivity contribution is 7.92. The SMILES string of the molecule is CCc1ccccc1NS(=O)(=O)c1ccc(-c2cnn3c(=O)[nH]cnc23)cc1. The van der Waals surface area contributed by atoms with Gasteiger partial charge in [0.05, 0.1) is 23.1 Å². The van der Waals surface area contributed by atoms with Crippen LogP contribution >= 0.6 is 0 Å². The van der Waals surface area contributed by atoms with Gasteiger partial charge in [-0.1, -0.05) is 37.3 Å². The Bertz CT molecular complexity index is 1310. The van der Waals surface area contributed by atoms with Crippen LogP contribution in [0.5, 0.6) is 0 Å². The van der Waals surface area contributed by atoms with Crippen LogP contribution < -0.4 is 10.4 Å². The van der Waals surface area contributed by atoms with Crippen LogP contribution in [0.4, 0.5) is 5.69 Å². The Kier molecular flexibility index (Phi) is 4.44. The van der Waals surface area contributed by atoms with Gasteiger partial charge in [-0.15, -0.1) is 0 Å². The largest absolute Gasteiger partial charge is 0.349 e. The van der Waals surface area contributed by atoms with Gasteiger partial charge >= 0.3 is 5.69 Å². The fraction of sp³-hybridized carbons (Fsp3) is 0.105. The average Bonchev–Trinajstić information content (AvgIpc) is 3.14. The zero-order valence-electron chi connectivity index (χ0n) is 15.0. The minimum atomic E-state index is -3.72. The Balaban J connectivity index is 1.67. The molecule has 2 N–H and O–H groups in total. The van der Waals surface area contributed by atoms with Crippen molar-refractivity contribution in [3.8, 4) is 11.1 Å². The number of hydrogen-bond acceptors (Lipinski definition) is 5. The molecule has 0 atom stereocenters. The number of aromatic nitrogens is 4. The summed E-state index contributed by atoms with van der Waals surface area (Å²) in [5.41, 5.74) is 2.84. The summed E-state index contributed by atoms with van der Waals surface area (Å²) in [6.45, 7) is 1.97. The van der Waals surface area contributed by atoms with Gasteiger partial charge in [-0.05, 0) is 35.7 Å². The summed E-state index contributed by atoms with van der Waals surface area (Å²) in [7, 11) is -3.72. The summed E-state index contributed by atoms with van der Waals surface area (Å²) < 4.78 is 29.3. The molecule has 0 saturated carbocycles. The maximum absolute atomic E-state index is 12.7. The molecule has 8 nitrogen and oxygen atoms in total. The average molecular weight is 395 g/mol. The zero-order chi connectivity index (χ0) is 19.7. The molecule has 4 aromatic rings. The van der Waals surface area contributed by atoms with E-state index in [1.54, 1.807) is 24.3 Å². The molecule has 0 fully saturated rings. The highest BCUT2D eigenvalue weighted by Crippen LogP contribution is 2.25. The van der Waals surface area contributed by atoms with E-state index in [9.17, 15) is 13.2 Å². The van der Waals surface area contributed by atoms with Gasteiger partial charge in [-0.2, -0.15) is 9.61 Å². The lowest BCUT2D eigenvalue weighted by atomic mass is 10.1. The normalized spacial score (nSPS) is 11.6. The number of nitrogens with zero attached hydrogens (tertiary/aromatic N) is 3. The maximum atomic E-state index is 12.7. The van der Waals surface area contributed by atoms with Gasteiger partial charge in [0.1, 0.15) is 0 Å². The van der Waals surface area contributed by atoms with Gasteiger partial charge in [0.2, 0.25) is 0 Å². The molecule has 142 valence electrons. The molecule has 0 bridgehead atoms. The van der Waals surface area contributed by atoms with E-state index in [4.69, 9.17) is 0 Å². The molecule has 0 aliphatic carbocycles. The summed E-state index contributed by atoms with van der Waals surface area (Å²) in [6, 6.07) is 13.7. The number of sulfonamides is 1. The molecule has 4 rings (SSSR count). The lowest BCUT2D eigenvalue weighted by Crippen LogP contribution is -2.17. The molecular formula is C19H17N5O3S. The Morgan fingerprint density at radius 3 is 2.61 bits per heavy atom. The second-order valence-corrected chi connectivity index (χ2v) is 7.82. The number of aromatic amines is 1. The van der Waals surface area contributed by atoms with E-state index in [0.29, 0.717) is 22.5 Å². The lowest BCUT2D eigenvalue weighted by Gasteiger charge is -2.12. The third-order valence-electron chi connectivity index (χ3n) is 4.43. The minimum absolute atomic E-state index is 0.143. The van der Waals surface area contributed by atoms with Crippen molar-refractivity contribution in [2.75, 3.05) is 4.72 Å². The first-order valence-corrected chi connectivity index (χ1v) is 10.1. The molecule has 0 saturated heterocycles. The number of fused-ring (bicyclic) bond motifs is 1. The third kappa shape index (κ3) is 3.16. The van der Waals surface area contributed by atoms with Gasteiger partial charge in [-0.25, -0.2) is 18.2 Å². The first kappa shape index (κ1) is 17.9. The quantitative estimate of drug-likeness (QED) is 0.539. The predicted octanol–water partition coefficient (Wildman–Crippen LogP) is 2.45. The fourth-order valence-electron chi connectivity index (χ4n) is 2.97. The van der Waals surface area contributed by atoms with E-state index < -0.39 is 15.7 Å². The lowest BCUT2D eigenvalue weighted by molar-refractivity contribution is 0.601. The van der Waals surface area contributed by atoms with E-state index in [1.165, 1.54) is 24.7 Å². The van der Waals surface area contributed by atoms with Crippen LogP contribution in [0, 0.1) is 0 Å². The van der Waals surface area contributed by atoms with Crippen molar-refractivity contribution in [3.05, 3.63) is 77.1 Å². The van der Waals surface area contributed by atoms with E-state index in [2.05, 4.69) is 19.8 Å². The number of H-pyrrole nitrogens is 1. The van der Waals surface area contributed by atoms with Crippen LogP contribution in [0.1, 0.15) is 12.5 Å². The topological polar surface area (TPSA) is 109 Å². The standard InChI is InChI=1S/C19H17N5O3S/c1-2-13-5-3-4-6-17(13)23-28(26,27)15-9-7-14(8-10-15)16-11-22-24-18(16)20-12-21-19(24)25/h3-12,23H,2H2,1H3,(H,20,21,25). The van der Waals surface area contributed by atoms with Crippen LogP contribution in [-0.2, 0) is 16.4 Å². The van der Waals surface area contributed by atoms with Crippen LogP contribution in [0.3, 0.4) is 0 Å². The predicted molar refractivity (Wildman–Crippen MR) is 106 cm³/mol. The summed E-state index contributed by atoms with van der Waals surface area (Å²) in [4.78, 5) is 18.5. The van der Waals surface area contributed by atoms with Gasteiger partial charge in [0.25, 0.3) is 10.0 Å². The number of rotatable bonds is 5. The molecule has 0 aliphatic rings. The van der Waals surface area contributed by atoms with E-state index in [-0.39, 0.29) is 4.90 Å². The van der Waals surface area contributed by atoms with Gasteiger partial charge in [0.15, 0.2) is 5.65 Å². The summed E-state index contributed by atoms with van der Waals surface area (Å²) in [5.74, 6) is 0. The summed E-state index contributed by atoms with van der Waals surface area (Å²) in [6.07, 6.45) is 3.55. The van der Waals surface area contributed by atoms with Crippen molar-refractivity contribution in [2.24, 2.45) is 0 Å². The van der Waals surface area contributed by atoms with Gasteiger partial charge in [-0.3, -0.25) is 9.71 Å². The molecule has 2 aromatic carbocycles. The van der Waals surface area contributed by atoms with Gasteiger partial charge < -0.3 is 0 Å². The van der Waals surface area contributed by atoms with Crippen molar-refractivity contribution in [2.45, 2.75) is 18.2 Å². The summed E-state index contributed by atoms with van der Waals surface area (Å²) in [5, 5.41) is 4.02. The summed E-state index contributed by atoms with van der Waals surface area (Å²) >= 11 is 0. The number of benzene rings is 2. The Morgan fingerprint density at radius 2 is 1.86 bits per heavy atom. The van der Waals surface area contributed by atoms with Crippen LogP contribution in [-0.4, -0.2) is 28.0 Å². The molecule has 0 radical (unpaired) electrons. The highest BCUT2D eigenvalue weighted by Gasteiger charge is 2.17. The second-order valence-electron chi connectivity index (χ2n) is 6.14. The van der Waals surface area contributed by atoms with Crippen molar-refractivity contribution in [1.29, 1.82) is 0 Å². The second kappa shape index (κ2) is 6.93. The molecule has 28 heavy (non-hydrogen) atoms. The first-order valence-electron chi connectivity index (χ1n) is 8.62. The molecule has 0 amide bonds. The van der Waals surface area contributed by atoms with Crippen LogP contribution in [0.15, 0.2) is 70.7 Å². The number of para-hydroxylation sites is 1. The van der Waals surface area contributed by atoms with E-state index in [1.807, 2.05) is 19.1 Å². The van der Waals surface area contributed by atoms with Crippen LogP contribution in [0.25, 0.3) is 16.8 Å². The number of nitrogens with one attached hydrogen (secondary N) is 2. The number of hydrogen-bond donors (Lipinski definition) is 2.